The van der Waals surface area contributed by atoms with E-state index in [4.69, 9.17) is 4.55 Å². The monoisotopic (exact) mass is 185 g/mol. The Morgan fingerprint density at radius 3 is 1.73 bits per heavy atom. The lowest BCUT2D eigenvalue weighted by molar-refractivity contribution is -0.113. The maximum atomic E-state index is 9.47. The normalized spacial score (nSPS) is 8.18. The summed E-state index contributed by atoms with van der Waals surface area (Å²) < 4.78 is 25.9. The Balaban J connectivity index is -0.000000107. The van der Waals surface area contributed by atoms with Crippen LogP contribution in [0.4, 0.5) is 0 Å². The molecule has 0 aliphatic rings. The van der Waals surface area contributed by atoms with Gasteiger partial charge in [-0.15, -0.1) is 0 Å². The number of primary amides is 1. The van der Waals surface area contributed by atoms with E-state index in [2.05, 4.69) is 12.3 Å². The van der Waals surface area contributed by atoms with E-state index in [0.29, 0.717) is 6.26 Å². The second kappa shape index (κ2) is 7.19. The van der Waals surface area contributed by atoms with E-state index in [1.165, 1.54) is 0 Å². The molecule has 0 heterocycles. The van der Waals surface area contributed by atoms with E-state index < -0.39 is 16.0 Å². The molecule has 0 unspecified atom stereocenters. The minimum absolute atomic E-state index is 0. The third-order valence-corrected chi connectivity index (χ3v) is 0.201. The molecule has 0 aliphatic heterocycles. The van der Waals surface area contributed by atoms with Gasteiger partial charge in [0.15, 0.2) is 0 Å². The van der Waals surface area contributed by atoms with E-state index in [1.807, 2.05) is 0 Å². The highest BCUT2D eigenvalue weighted by molar-refractivity contribution is 7.85. The van der Waals surface area contributed by atoms with Gasteiger partial charge in [-0.1, -0.05) is 6.58 Å². The van der Waals surface area contributed by atoms with Crippen molar-refractivity contribution in [3.05, 3.63) is 12.7 Å². The zero-order chi connectivity index (χ0) is 8.78. The Morgan fingerprint density at radius 1 is 1.64 bits per heavy atom. The van der Waals surface area contributed by atoms with Gasteiger partial charge in [-0.2, -0.15) is 8.42 Å². The van der Waals surface area contributed by atoms with Gasteiger partial charge in [0.1, 0.15) is 0 Å². The van der Waals surface area contributed by atoms with Crippen LogP contribution in [-0.2, 0) is 14.9 Å². The first-order chi connectivity index (χ1) is 4.27. The molecule has 0 aromatic rings. The molecule has 0 fully saturated rings. The molecule has 1 amide bonds. The van der Waals surface area contributed by atoms with E-state index in [-0.39, 0.29) is 5.48 Å². The molecule has 11 heavy (non-hydrogen) atoms. The largest absolute Gasteiger partial charge is 0.412 e. The molecule has 0 atom stereocenters. The van der Waals surface area contributed by atoms with Gasteiger partial charge in [-0.3, -0.25) is 9.35 Å². The van der Waals surface area contributed by atoms with E-state index in [9.17, 15) is 13.2 Å². The molecule has 7 heteroatoms. The fraction of sp³-hybridized carbons (Fsp3) is 0.250. The summed E-state index contributed by atoms with van der Waals surface area (Å²) in [4.78, 5) is 9.47. The second-order valence-electron chi connectivity index (χ2n) is 1.34. The van der Waals surface area contributed by atoms with Crippen LogP contribution >= 0.6 is 0 Å². The molecule has 0 aliphatic carbocycles. The molecule has 5 N–H and O–H groups in total. The maximum Gasteiger partial charge on any atom is 0.261 e. The smallest absolute Gasteiger partial charge is 0.261 e. The van der Waals surface area contributed by atoms with Crippen LogP contribution in [0.5, 0.6) is 0 Å². The van der Waals surface area contributed by atoms with Crippen molar-refractivity contribution in [1.82, 2.24) is 0 Å². The first-order valence-corrected chi connectivity index (χ1v) is 3.96. The average molecular weight is 185 g/mol. The van der Waals surface area contributed by atoms with Crippen molar-refractivity contribution in [2.24, 2.45) is 5.73 Å². The van der Waals surface area contributed by atoms with E-state index in [1.54, 1.807) is 0 Å². The Bertz CT molecular complexity index is 199. The molecule has 0 aromatic carbocycles. The topological polar surface area (TPSA) is 129 Å². The van der Waals surface area contributed by atoms with E-state index in [0.717, 1.165) is 6.08 Å². The van der Waals surface area contributed by atoms with Gasteiger partial charge in [0.05, 0.1) is 6.26 Å². The van der Waals surface area contributed by atoms with Crippen LogP contribution in [0.3, 0.4) is 0 Å². The summed E-state index contributed by atoms with van der Waals surface area (Å²) >= 11 is 0. The van der Waals surface area contributed by atoms with E-state index >= 15 is 0 Å². The molecule has 6 nitrogen and oxygen atoms in total. The molecule has 0 saturated carbocycles. The summed E-state index contributed by atoms with van der Waals surface area (Å²) in [5, 5.41) is 0. The second-order valence-corrected chi connectivity index (χ2v) is 2.81. The SMILES string of the molecule is C=CC(N)=O.CS(=O)(=O)O.O. The lowest BCUT2D eigenvalue weighted by Crippen LogP contribution is -2.04. The lowest BCUT2D eigenvalue weighted by atomic mass is 10.6. The number of nitrogens with two attached hydrogens (primary N) is 1. The quantitative estimate of drug-likeness (QED) is 0.374. The summed E-state index contributed by atoms with van der Waals surface area (Å²) in [6, 6.07) is 0. The van der Waals surface area contributed by atoms with Gasteiger partial charge < -0.3 is 11.2 Å². The van der Waals surface area contributed by atoms with Crippen LogP contribution in [0, 0.1) is 0 Å². The van der Waals surface area contributed by atoms with Crippen LogP contribution in [0.1, 0.15) is 0 Å². The van der Waals surface area contributed by atoms with Crippen LogP contribution in [0.15, 0.2) is 12.7 Å². The first-order valence-electron chi connectivity index (χ1n) is 2.11. The van der Waals surface area contributed by atoms with Crippen LogP contribution < -0.4 is 5.73 Å². The molecule has 68 valence electrons. The fourth-order valence-electron chi connectivity index (χ4n) is 0. The van der Waals surface area contributed by atoms with Crippen molar-refractivity contribution in [3.8, 4) is 0 Å². The fourth-order valence-corrected chi connectivity index (χ4v) is 0. The molecule has 0 bridgehead atoms. The van der Waals surface area contributed by atoms with Gasteiger partial charge in [0, 0.05) is 0 Å². The summed E-state index contributed by atoms with van der Waals surface area (Å²) in [5.41, 5.74) is 4.53. The van der Waals surface area contributed by atoms with Crippen molar-refractivity contribution in [1.29, 1.82) is 0 Å². The standard InChI is InChI=1S/C3H5NO.CH4O3S.H2O/c1-2-3(4)5;1-5(2,3)4;/h2H,1H2,(H2,4,5);1H3,(H,2,3,4);1H2. The summed E-state index contributed by atoms with van der Waals surface area (Å²) in [5.74, 6) is -0.481. The number of hydrogen-bond donors (Lipinski definition) is 2. The Hall–Kier alpha value is -0.920. The minimum Gasteiger partial charge on any atom is -0.412 e. The number of rotatable bonds is 1. The number of carbonyl (C=O) groups excluding carboxylic acids is 1. The number of amides is 1. The van der Waals surface area contributed by atoms with Crippen molar-refractivity contribution in [2.45, 2.75) is 0 Å². The molecule has 0 radical (unpaired) electrons. The maximum absolute atomic E-state index is 9.47. The molecular weight excluding hydrogens is 174 g/mol. The number of carbonyl (C=O) groups is 1. The van der Waals surface area contributed by atoms with Crippen LogP contribution in [0.25, 0.3) is 0 Å². The molecule has 0 rings (SSSR count). The van der Waals surface area contributed by atoms with Crippen molar-refractivity contribution in [2.75, 3.05) is 6.26 Å². The van der Waals surface area contributed by atoms with Crippen molar-refractivity contribution >= 4 is 16.0 Å². The van der Waals surface area contributed by atoms with Gasteiger partial charge >= 0.3 is 0 Å². The Morgan fingerprint density at radius 2 is 1.73 bits per heavy atom. The Kier molecular flexibility index (Phi) is 10.8. The molecule has 0 spiro atoms. The van der Waals surface area contributed by atoms with Gasteiger partial charge in [0.2, 0.25) is 5.91 Å². The number of hydrogen-bond acceptors (Lipinski definition) is 3. The zero-order valence-electron chi connectivity index (χ0n) is 5.94. The van der Waals surface area contributed by atoms with Gasteiger partial charge in [0.25, 0.3) is 10.1 Å². The first kappa shape index (κ1) is 16.6. The highest BCUT2D eigenvalue weighted by Gasteiger charge is 1.81. The third-order valence-electron chi connectivity index (χ3n) is 0.201. The molecule has 0 aromatic heterocycles. The molecular formula is C4H11NO5S. The minimum atomic E-state index is -3.67. The predicted molar refractivity (Wildman–Crippen MR) is 40.5 cm³/mol. The van der Waals surface area contributed by atoms with Crippen molar-refractivity contribution in [3.63, 3.8) is 0 Å². The zero-order valence-corrected chi connectivity index (χ0v) is 6.76. The third kappa shape index (κ3) is 390. The highest BCUT2D eigenvalue weighted by Crippen LogP contribution is 1.60. The van der Waals surface area contributed by atoms with Crippen LogP contribution in [0.2, 0.25) is 0 Å². The van der Waals surface area contributed by atoms with Gasteiger partial charge in [-0.25, -0.2) is 0 Å². The molecule has 0 saturated heterocycles. The van der Waals surface area contributed by atoms with Crippen LogP contribution in [-0.4, -0.2) is 30.6 Å². The average Bonchev–Trinajstić information content (AvgIpc) is 1.61. The lowest BCUT2D eigenvalue weighted by Gasteiger charge is -1.69. The highest BCUT2D eigenvalue weighted by atomic mass is 32.2. The summed E-state index contributed by atoms with van der Waals surface area (Å²) in [6.07, 6.45) is 1.77. The predicted octanol–water partition coefficient (Wildman–Crippen LogP) is -1.66. The Labute approximate surface area is 64.8 Å². The summed E-state index contributed by atoms with van der Waals surface area (Å²) in [7, 11) is -3.67. The van der Waals surface area contributed by atoms with Gasteiger partial charge in [-0.05, 0) is 6.08 Å². The summed E-state index contributed by atoms with van der Waals surface area (Å²) in [6.45, 7) is 3.09. The van der Waals surface area contributed by atoms with Crippen molar-refractivity contribution < 1.29 is 23.2 Å².